The van der Waals surface area contributed by atoms with Crippen LogP contribution in [-0.4, -0.2) is 25.8 Å². The lowest BCUT2D eigenvalue weighted by Gasteiger charge is -2.11. The van der Waals surface area contributed by atoms with Crippen molar-refractivity contribution in [1.82, 2.24) is 10.6 Å². The van der Waals surface area contributed by atoms with Crippen molar-refractivity contribution in [2.24, 2.45) is 4.99 Å². The van der Waals surface area contributed by atoms with Crippen molar-refractivity contribution in [3.63, 3.8) is 0 Å². The molecule has 1 heterocycles. The highest BCUT2D eigenvalue weighted by molar-refractivity contribution is 5.79. The van der Waals surface area contributed by atoms with Gasteiger partial charge in [0.25, 0.3) is 0 Å². The van der Waals surface area contributed by atoms with Gasteiger partial charge in [-0.3, -0.25) is 0 Å². The minimum Gasteiger partial charge on any atom is -0.454 e. The van der Waals surface area contributed by atoms with Crippen LogP contribution in [0.1, 0.15) is 18.1 Å². The zero-order chi connectivity index (χ0) is 16.6. The molecule has 2 aromatic rings. The molecule has 0 unspecified atom stereocenters. The van der Waals surface area contributed by atoms with Crippen LogP contribution >= 0.6 is 0 Å². The van der Waals surface area contributed by atoms with Gasteiger partial charge in [-0.25, -0.2) is 4.99 Å². The Bertz CT molecular complexity index is 686. The van der Waals surface area contributed by atoms with E-state index in [-0.39, 0.29) is 0 Å². The van der Waals surface area contributed by atoms with Crippen molar-refractivity contribution in [3.05, 3.63) is 59.7 Å². The van der Waals surface area contributed by atoms with Crippen molar-refractivity contribution in [1.29, 1.82) is 0 Å². The molecule has 0 aromatic heterocycles. The third-order valence-electron chi connectivity index (χ3n) is 3.75. The molecule has 1 aliphatic heterocycles. The normalized spacial score (nSPS) is 13.0. The standard InChI is InChI=1S/C19H23N3O2/c1-2-20-19(22-13-16-6-4-3-5-7-16)21-11-10-15-8-9-17-18(12-15)24-14-23-17/h3-9,12H,2,10-11,13-14H2,1H3,(H2,20,21,22). The Morgan fingerprint density at radius 1 is 1.00 bits per heavy atom. The van der Waals surface area contributed by atoms with Gasteiger partial charge < -0.3 is 20.1 Å². The predicted molar refractivity (Wildman–Crippen MR) is 95.5 cm³/mol. The first kappa shape index (κ1) is 16.2. The number of hydrogen-bond donors (Lipinski definition) is 2. The fourth-order valence-corrected chi connectivity index (χ4v) is 2.52. The first-order chi connectivity index (χ1) is 11.8. The molecule has 0 amide bonds. The molecule has 5 nitrogen and oxygen atoms in total. The van der Waals surface area contributed by atoms with Gasteiger partial charge in [0.2, 0.25) is 6.79 Å². The maximum absolute atomic E-state index is 5.41. The topological polar surface area (TPSA) is 54.9 Å². The van der Waals surface area contributed by atoms with Crippen molar-refractivity contribution in [3.8, 4) is 11.5 Å². The molecule has 0 radical (unpaired) electrons. The summed E-state index contributed by atoms with van der Waals surface area (Å²) in [6, 6.07) is 16.3. The number of fused-ring (bicyclic) bond motifs is 1. The van der Waals surface area contributed by atoms with E-state index < -0.39 is 0 Å². The van der Waals surface area contributed by atoms with Crippen LogP contribution < -0.4 is 20.1 Å². The number of guanidine groups is 1. The molecule has 0 fully saturated rings. The molecule has 0 saturated heterocycles. The molecule has 5 heteroatoms. The molecule has 2 N–H and O–H groups in total. The lowest BCUT2D eigenvalue weighted by molar-refractivity contribution is 0.174. The van der Waals surface area contributed by atoms with Gasteiger partial charge in [-0.2, -0.15) is 0 Å². The maximum Gasteiger partial charge on any atom is 0.231 e. The Balaban J connectivity index is 1.52. The highest BCUT2D eigenvalue weighted by Crippen LogP contribution is 2.32. The van der Waals surface area contributed by atoms with E-state index in [1.807, 2.05) is 30.3 Å². The Hall–Kier alpha value is -2.69. The number of aliphatic imine (C=N–C) groups is 1. The fraction of sp³-hybridized carbons (Fsp3) is 0.316. The smallest absolute Gasteiger partial charge is 0.231 e. The Morgan fingerprint density at radius 3 is 2.67 bits per heavy atom. The quantitative estimate of drug-likeness (QED) is 0.633. The van der Waals surface area contributed by atoms with E-state index in [0.29, 0.717) is 13.3 Å². The summed E-state index contributed by atoms with van der Waals surface area (Å²) in [5.74, 6) is 2.49. The summed E-state index contributed by atoms with van der Waals surface area (Å²) in [4.78, 5) is 4.62. The van der Waals surface area contributed by atoms with Crippen molar-refractivity contribution in [2.45, 2.75) is 19.9 Å². The number of nitrogens with zero attached hydrogens (tertiary/aromatic N) is 1. The molecule has 126 valence electrons. The first-order valence-electron chi connectivity index (χ1n) is 8.30. The number of hydrogen-bond acceptors (Lipinski definition) is 3. The van der Waals surface area contributed by atoms with Crippen LogP contribution in [0.4, 0.5) is 0 Å². The van der Waals surface area contributed by atoms with Crippen LogP contribution in [0.15, 0.2) is 53.5 Å². The van der Waals surface area contributed by atoms with E-state index in [0.717, 1.165) is 37.0 Å². The van der Waals surface area contributed by atoms with Crippen LogP contribution in [0.25, 0.3) is 0 Å². The monoisotopic (exact) mass is 325 g/mol. The first-order valence-corrected chi connectivity index (χ1v) is 8.30. The van der Waals surface area contributed by atoms with Gasteiger partial charge in [0.1, 0.15) is 0 Å². The highest BCUT2D eigenvalue weighted by Gasteiger charge is 2.12. The molecule has 0 aliphatic carbocycles. The Kier molecular flexibility index (Phi) is 5.56. The van der Waals surface area contributed by atoms with E-state index in [2.05, 4.69) is 40.7 Å². The van der Waals surface area contributed by atoms with E-state index in [4.69, 9.17) is 9.47 Å². The van der Waals surface area contributed by atoms with Gasteiger partial charge in [-0.05, 0) is 36.6 Å². The number of ether oxygens (including phenoxy) is 2. The van der Waals surface area contributed by atoms with Crippen LogP contribution in [-0.2, 0) is 13.0 Å². The van der Waals surface area contributed by atoms with Crippen LogP contribution in [0.3, 0.4) is 0 Å². The summed E-state index contributed by atoms with van der Waals surface area (Å²) in [5, 5.41) is 6.65. The molecular weight excluding hydrogens is 302 g/mol. The molecule has 24 heavy (non-hydrogen) atoms. The summed E-state index contributed by atoms with van der Waals surface area (Å²) in [6.45, 7) is 4.69. The lowest BCUT2D eigenvalue weighted by Crippen LogP contribution is -2.38. The van der Waals surface area contributed by atoms with Crippen LogP contribution in [0.2, 0.25) is 0 Å². The largest absolute Gasteiger partial charge is 0.454 e. The van der Waals surface area contributed by atoms with Crippen LogP contribution in [0.5, 0.6) is 11.5 Å². The van der Waals surface area contributed by atoms with Gasteiger partial charge in [0, 0.05) is 13.1 Å². The second-order valence-corrected chi connectivity index (χ2v) is 5.55. The predicted octanol–water partition coefficient (Wildman–Crippen LogP) is 2.71. The summed E-state index contributed by atoms with van der Waals surface area (Å²) in [6.07, 6.45) is 0.895. The minimum atomic E-state index is 0.313. The van der Waals surface area contributed by atoms with E-state index >= 15 is 0 Å². The van der Waals surface area contributed by atoms with Crippen molar-refractivity contribution < 1.29 is 9.47 Å². The second-order valence-electron chi connectivity index (χ2n) is 5.55. The summed E-state index contributed by atoms with van der Waals surface area (Å²) in [7, 11) is 0. The summed E-state index contributed by atoms with van der Waals surface area (Å²) >= 11 is 0. The molecule has 0 bridgehead atoms. The fourth-order valence-electron chi connectivity index (χ4n) is 2.52. The Morgan fingerprint density at radius 2 is 1.83 bits per heavy atom. The molecule has 0 spiro atoms. The van der Waals surface area contributed by atoms with E-state index in [9.17, 15) is 0 Å². The Labute approximate surface area is 142 Å². The van der Waals surface area contributed by atoms with Crippen molar-refractivity contribution >= 4 is 5.96 Å². The molecule has 1 aliphatic rings. The summed E-state index contributed by atoms with van der Waals surface area (Å²) < 4.78 is 10.7. The number of rotatable bonds is 6. The molecule has 0 saturated carbocycles. The minimum absolute atomic E-state index is 0.313. The summed E-state index contributed by atoms with van der Waals surface area (Å²) in [5.41, 5.74) is 2.41. The molecule has 0 atom stereocenters. The second kappa shape index (κ2) is 8.24. The van der Waals surface area contributed by atoms with Gasteiger partial charge in [-0.15, -0.1) is 0 Å². The number of nitrogens with one attached hydrogen (secondary N) is 2. The average Bonchev–Trinajstić information content (AvgIpc) is 3.08. The molecule has 3 rings (SSSR count). The average molecular weight is 325 g/mol. The third kappa shape index (κ3) is 4.41. The SMILES string of the molecule is CCNC(=NCc1ccccc1)NCCc1ccc2c(c1)OCO2. The third-order valence-corrected chi connectivity index (χ3v) is 3.75. The zero-order valence-electron chi connectivity index (χ0n) is 13.9. The molecule has 2 aromatic carbocycles. The van der Waals surface area contributed by atoms with Gasteiger partial charge >= 0.3 is 0 Å². The maximum atomic E-state index is 5.41. The van der Waals surface area contributed by atoms with E-state index in [1.165, 1.54) is 11.1 Å². The zero-order valence-corrected chi connectivity index (χ0v) is 13.9. The number of benzene rings is 2. The highest BCUT2D eigenvalue weighted by atomic mass is 16.7. The van der Waals surface area contributed by atoms with Gasteiger partial charge in [-0.1, -0.05) is 36.4 Å². The van der Waals surface area contributed by atoms with Gasteiger partial charge in [0.05, 0.1) is 6.54 Å². The lowest BCUT2D eigenvalue weighted by atomic mass is 10.1. The van der Waals surface area contributed by atoms with E-state index in [1.54, 1.807) is 0 Å². The van der Waals surface area contributed by atoms with Crippen molar-refractivity contribution in [2.75, 3.05) is 19.9 Å². The van der Waals surface area contributed by atoms with Gasteiger partial charge in [0.15, 0.2) is 17.5 Å². The van der Waals surface area contributed by atoms with Crippen LogP contribution in [0, 0.1) is 0 Å². The molecular formula is C19H23N3O2.